The third-order valence-electron chi connectivity index (χ3n) is 11.8. The van der Waals surface area contributed by atoms with E-state index in [1.165, 1.54) is 4.90 Å². The van der Waals surface area contributed by atoms with Crippen molar-refractivity contribution in [2.75, 3.05) is 182 Å². The van der Waals surface area contributed by atoms with Crippen LogP contribution in [0.3, 0.4) is 0 Å². The van der Waals surface area contributed by atoms with Crippen molar-refractivity contribution in [1.82, 2.24) is 40.8 Å². The van der Waals surface area contributed by atoms with Crippen molar-refractivity contribution in [3.63, 3.8) is 0 Å². The number of carbonyl (C=O) groups is 6. The first-order valence-corrected chi connectivity index (χ1v) is 28.6. The van der Waals surface area contributed by atoms with Gasteiger partial charge in [-0.15, -0.1) is 0 Å². The quantitative estimate of drug-likeness (QED) is 0.0343. The lowest BCUT2D eigenvalue weighted by Crippen LogP contribution is -2.45. The summed E-state index contributed by atoms with van der Waals surface area (Å²) in [4.78, 5) is 96.6. The van der Waals surface area contributed by atoms with Gasteiger partial charge < -0.3 is 94.4 Å². The van der Waals surface area contributed by atoms with Crippen LogP contribution in [0.15, 0.2) is 30.5 Å². The summed E-state index contributed by atoms with van der Waals surface area (Å²) in [6.07, 6.45) is 1.67. The zero-order valence-electron chi connectivity index (χ0n) is 50.1. The second kappa shape index (κ2) is 44.0. The Kier molecular flexibility index (Phi) is 37.6. The number of fused-ring (bicyclic) bond motifs is 1. The second-order valence-electron chi connectivity index (χ2n) is 19.9. The average Bonchev–Trinajstić information content (AvgIpc) is 3.49. The van der Waals surface area contributed by atoms with Gasteiger partial charge >= 0.3 is 11.9 Å². The lowest BCUT2D eigenvalue weighted by Gasteiger charge is -2.25. The summed E-state index contributed by atoms with van der Waals surface area (Å²) in [7, 11) is 3.46. The Bertz CT molecular complexity index is 2390. The molecule has 2 heterocycles. The molecule has 0 spiro atoms. The van der Waals surface area contributed by atoms with Gasteiger partial charge in [0.2, 0.25) is 23.7 Å². The third-order valence-corrected chi connectivity index (χ3v) is 11.8. The molecule has 1 aromatic carbocycles. The Morgan fingerprint density at radius 3 is 1.55 bits per heavy atom. The van der Waals surface area contributed by atoms with Gasteiger partial charge in [0, 0.05) is 70.8 Å². The Morgan fingerprint density at radius 1 is 0.612 bits per heavy atom. The minimum Gasteiger partial charge on any atom is -0.481 e. The smallest absolute Gasteiger partial charge is 0.329 e. The summed E-state index contributed by atoms with van der Waals surface area (Å²) in [5, 5.41) is 17.5. The van der Waals surface area contributed by atoms with E-state index in [9.17, 15) is 33.9 Å². The van der Waals surface area contributed by atoms with Crippen molar-refractivity contribution in [3.05, 3.63) is 41.7 Å². The molecule has 0 aliphatic rings. The monoisotopic (exact) mass is 1210 g/mol. The molecular formula is C56H91N11O18. The molecule has 0 saturated heterocycles. The Labute approximate surface area is 497 Å². The number of nitrogens with zero attached hydrogens (tertiary/aromatic N) is 6. The molecule has 1 atom stereocenters. The molecule has 8 N–H and O–H groups in total. The van der Waals surface area contributed by atoms with Gasteiger partial charge in [-0.1, -0.05) is 0 Å². The number of carbonyl (C=O) groups excluding carboxylic acids is 5. The van der Waals surface area contributed by atoms with Gasteiger partial charge in [-0.05, 0) is 64.3 Å². The van der Waals surface area contributed by atoms with E-state index in [4.69, 9.17) is 63.6 Å². The number of amides is 4. The lowest BCUT2D eigenvalue weighted by atomic mass is 10.1. The van der Waals surface area contributed by atoms with Crippen LogP contribution >= 0.6 is 0 Å². The highest BCUT2D eigenvalue weighted by molar-refractivity contribution is 5.97. The molecule has 85 heavy (non-hydrogen) atoms. The third kappa shape index (κ3) is 34.9. The maximum Gasteiger partial charge on any atom is 0.329 e. The van der Waals surface area contributed by atoms with Crippen LogP contribution in [0.4, 0.5) is 17.5 Å². The first-order chi connectivity index (χ1) is 40.9. The summed E-state index contributed by atoms with van der Waals surface area (Å²) in [6.45, 7) is 14.6. The number of methoxy groups -OCH3 is 1. The van der Waals surface area contributed by atoms with Crippen LogP contribution in [-0.4, -0.2) is 243 Å². The molecule has 0 bridgehead atoms. The van der Waals surface area contributed by atoms with Gasteiger partial charge in [0.25, 0.3) is 5.91 Å². The van der Waals surface area contributed by atoms with Gasteiger partial charge in [0.1, 0.15) is 11.6 Å². The van der Waals surface area contributed by atoms with Gasteiger partial charge in [-0.2, -0.15) is 9.97 Å². The number of nitrogen functional groups attached to an aromatic ring is 2. The van der Waals surface area contributed by atoms with Crippen LogP contribution < -0.4 is 32.3 Å². The van der Waals surface area contributed by atoms with E-state index in [1.807, 2.05) is 11.9 Å². The molecule has 1 unspecified atom stereocenters. The number of hydrogen-bond acceptors (Lipinski definition) is 24. The number of nitrogens with one attached hydrogen (secondary N) is 3. The van der Waals surface area contributed by atoms with E-state index in [0.29, 0.717) is 150 Å². The summed E-state index contributed by atoms with van der Waals surface area (Å²) in [6, 6.07) is 5.52. The number of aromatic nitrogens is 4. The highest BCUT2D eigenvalue weighted by atomic mass is 16.6. The number of nitrogens with two attached hydrogens (primary N) is 2. The SMILES string of the molecule is COCCOCCOCCOCCOCCOCCOCCOCCOCCOCCC(=O)NCCCN(CCCNC(=O)CCC(NC(=O)c1ccc(N(C)Cc2cnc3nc(N)nc(N)c3n2)cc1)C(=O)OC(C)(C)C)C(=O)CCC(=O)O. The van der Waals surface area contributed by atoms with E-state index >= 15 is 0 Å². The molecule has 2 aromatic heterocycles. The molecule has 29 heteroatoms. The summed E-state index contributed by atoms with van der Waals surface area (Å²) in [5.41, 5.74) is 13.0. The van der Waals surface area contributed by atoms with Crippen LogP contribution in [0.1, 0.15) is 81.8 Å². The van der Waals surface area contributed by atoms with Crippen molar-refractivity contribution in [2.24, 2.45) is 0 Å². The standard InChI is InChI=1S/C56H91N11O18/c1-56(2,3)85-54(74)45(63-53(73)42-8-10-44(11-9-42)66(4)41-43-40-61-52-50(62-43)51(57)64-55(58)65-52)12-13-46(68)59-17-6-19-67(48(70)14-15-49(71)72)20-7-18-60-47(69)16-21-76-24-25-78-28-29-80-32-33-82-36-37-84-39-38-83-35-34-81-31-30-79-27-26-77-23-22-75-5/h8-11,40,45H,6-7,12-39,41H2,1-5H3,(H,59,68)(H,60,69)(H,63,73)(H,71,72)(H4,57,58,61,64,65). The number of aliphatic carboxylic acids is 1. The molecule has 4 amide bonds. The molecular weight excluding hydrogens is 1110 g/mol. The zero-order valence-corrected chi connectivity index (χ0v) is 50.1. The molecule has 0 saturated carbocycles. The molecule has 0 aliphatic heterocycles. The summed E-state index contributed by atoms with van der Waals surface area (Å²) < 4.78 is 59.7. The minimum absolute atomic E-state index is 0.00438. The van der Waals surface area contributed by atoms with E-state index in [1.54, 1.807) is 58.3 Å². The number of esters is 1. The first kappa shape index (κ1) is 72.7. The zero-order chi connectivity index (χ0) is 61.9. The van der Waals surface area contributed by atoms with Gasteiger partial charge in [-0.3, -0.25) is 24.0 Å². The van der Waals surface area contributed by atoms with E-state index in [0.717, 1.165) is 5.69 Å². The van der Waals surface area contributed by atoms with Crippen LogP contribution in [-0.2, 0) is 82.6 Å². The maximum atomic E-state index is 13.5. The number of rotatable bonds is 50. The molecule has 0 fully saturated rings. The maximum absolute atomic E-state index is 13.5. The number of ether oxygens (including phenoxy) is 11. The predicted molar refractivity (Wildman–Crippen MR) is 311 cm³/mol. The van der Waals surface area contributed by atoms with Crippen molar-refractivity contribution in [2.45, 2.75) is 83.9 Å². The Morgan fingerprint density at radius 2 is 1.08 bits per heavy atom. The number of benzene rings is 1. The number of carboxylic acids is 1. The topological polar surface area (TPSA) is 370 Å². The fraction of sp³-hybridized carbons (Fsp3) is 0.679. The van der Waals surface area contributed by atoms with E-state index in [-0.39, 0.29) is 99.7 Å². The molecule has 0 radical (unpaired) electrons. The molecule has 0 aliphatic carbocycles. The van der Waals surface area contributed by atoms with Crippen molar-refractivity contribution in [1.29, 1.82) is 0 Å². The van der Waals surface area contributed by atoms with Gasteiger partial charge in [-0.25, -0.2) is 14.8 Å². The van der Waals surface area contributed by atoms with Crippen LogP contribution in [0.25, 0.3) is 11.2 Å². The highest BCUT2D eigenvalue weighted by Gasteiger charge is 2.28. The van der Waals surface area contributed by atoms with Gasteiger partial charge in [0.05, 0.1) is 150 Å². The predicted octanol–water partition coefficient (Wildman–Crippen LogP) is 1.33. The minimum atomic E-state index is -1.15. The van der Waals surface area contributed by atoms with Crippen molar-refractivity contribution < 1.29 is 86.0 Å². The molecule has 29 nitrogen and oxygen atoms in total. The van der Waals surface area contributed by atoms with Crippen LogP contribution in [0, 0.1) is 0 Å². The summed E-state index contributed by atoms with van der Waals surface area (Å²) >= 11 is 0. The summed E-state index contributed by atoms with van der Waals surface area (Å²) in [5.74, 6) is -3.27. The molecule has 478 valence electrons. The average molecular weight is 1210 g/mol. The highest BCUT2D eigenvalue weighted by Crippen LogP contribution is 2.20. The Balaban J connectivity index is 1.23. The molecule has 3 aromatic rings. The number of hydrogen-bond donors (Lipinski definition) is 6. The fourth-order valence-electron chi connectivity index (χ4n) is 7.47. The van der Waals surface area contributed by atoms with E-state index < -0.39 is 35.4 Å². The lowest BCUT2D eigenvalue weighted by molar-refractivity contribution is -0.157. The van der Waals surface area contributed by atoms with E-state index in [2.05, 4.69) is 35.9 Å². The van der Waals surface area contributed by atoms with Crippen molar-refractivity contribution in [3.8, 4) is 0 Å². The first-order valence-electron chi connectivity index (χ1n) is 28.6. The largest absolute Gasteiger partial charge is 0.481 e. The number of anilines is 3. The van der Waals surface area contributed by atoms with Gasteiger partial charge in [0.15, 0.2) is 17.0 Å². The Hall–Kier alpha value is -6.54. The normalized spacial score (nSPS) is 11.8. The molecule has 3 rings (SSSR count). The second-order valence-corrected chi connectivity index (χ2v) is 19.9. The fourth-order valence-corrected chi connectivity index (χ4v) is 7.47. The number of carboxylic acid groups (broad SMARTS) is 1. The van der Waals surface area contributed by atoms with Crippen molar-refractivity contribution >= 4 is 64.2 Å². The van der Waals surface area contributed by atoms with Crippen LogP contribution in [0.2, 0.25) is 0 Å². The van der Waals surface area contributed by atoms with Crippen LogP contribution in [0.5, 0.6) is 0 Å².